The van der Waals surface area contributed by atoms with Gasteiger partial charge in [-0.3, -0.25) is 14.5 Å². The highest BCUT2D eigenvalue weighted by Gasteiger charge is 2.25. The van der Waals surface area contributed by atoms with E-state index in [1.54, 1.807) is 25.3 Å². The first-order chi connectivity index (χ1) is 15.4. The molecule has 10 heteroatoms. The zero-order chi connectivity index (χ0) is 22.8. The molecule has 0 radical (unpaired) electrons. The van der Waals surface area contributed by atoms with Crippen molar-refractivity contribution in [3.05, 3.63) is 40.7 Å². The van der Waals surface area contributed by atoms with Crippen LogP contribution in [0.4, 0.5) is 5.82 Å². The molecule has 0 bridgehead atoms. The highest BCUT2D eigenvalue weighted by Crippen LogP contribution is 2.29. The number of hydrogen-bond acceptors (Lipinski definition) is 8. The number of aromatic nitrogens is 3. The van der Waals surface area contributed by atoms with E-state index < -0.39 is 0 Å². The van der Waals surface area contributed by atoms with Crippen molar-refractivity contribution >= 4 is 22.6 Å². The summed E-state index contributed by atoms with van der Waals surface area (Å²) in [5, 5.41) is 0.355. The number of carbonyl (C=O) groups excluding carboxylic acids is 1. The number of anilines is 1. The van der Waals surface area contributed by atoms with Gasteiger partial charge in [-0.25, -0.2) is 9.97 Å². The number of ether oxygens (including phenoxy) is 2. The Morgan fingerprint density at radius 3 is 2.53 bits per heavy atom. The Hall–Kier alpha value is -3.66. The first-order valence-electron chi connectivity index (χ1n) is 10.3. The van der Waals surface area contributed by atoms with E-state index in [2.05, 4.69) is 19.8 Å². The van der Waals surface area contributed by atoms with E-state index in [0.717, 1.165) is 5.82 Å². The quantitative estimate of drug-likeness (QED) is 0.584. The molecule has 3 N–H and O–H groups in total. The van der Waals surface area contributed by atoms with Crippen molar-refractivity contribution in [3.63, 3.8) is 0 Å². The lowest BCUT2D eigenvalue weighted by molar-refractivity contribution is -0.122. The van der Waals surface area contributed by atoms with Crippen LogP contribution in [0.25, 0.3) is 22.4 Å². The van der Waals surface area contributed by atoms with Crippen LogP contribution in [-0.2, 0) is 4.79 Å². The van der Waals surface area contributed by atoms with E-state index in [1.807, 2.05) is 19.1 Å². The normalized spacial score (nSPS) is 15.5. The molecule has 1 amide bonds. The number of nitrogens with zero attached hydrogens (tertiary/aromatic N) is 4. The number of benzene rings is 1. The minimum absolute atomic E-state index is 0.294. The molecule has 3 heterocycles. The highest BCUT2D eigenvalue weighted by atomic mass is 16.5. The van der Waals surface area contributed by atoms with E-state index in [4.69, 9.17) is 20.2 Å². The summed E-state index contributed by atoms with van der Waals surface area (Å²) in [6.45, 7) is 4.66. The van der Waals surface area contributed by atoms with Crippen LogP contribution in [0, 0.1) is 0 Å². The third-order valence-electron chi connectivity index (χ3n) is 5.78. The number of fused-ring (bicyclic) bond motifs is 1. The van der Waals surface area contributed by atoms with Gasteiger partial charge in [-0.05, 0) is 19.1 Å². The molecule has 32 heavy (non-hydrogen) atoms. The molecular weight excluding hydrogens is 412 g/mol. The number of nitrogens with two attached hydrogens (primary N) is 1. The fraction of sp³-hybridized carbons (Fsp3) is 0.364. The van der Waals surface area contributed by atoms with Crippen LogP contribution in [0.1, 0.15) is 6.92 Å². The van der Waals surface area contributed by atoms with E-state index >= 15 is 0 Å². The number of rotatable bonds is 6. The first-order valence-corrected chi connectivity index (χ1v) is 10.3. The lowest BCUT2D eigenvalue weighted by Crippen LogP contribution is -2.53. The molecule has 10 nitrogen and oxygen atoms in total. The first kappa shape index (κ1) is 21.6. The Morgan fingerprint density at radius 2 is 1.88 bits per heavy atom. The van der Waals surface area contributed by atoms with E-state index in [9.17, 15) is 9.59 Å². The number of amides is 1. The summed E-state index contributed by atoms with van der Waals surface area (Å²) in [5.74, 6) is 1.76. The van der Waals surface area contributed by atoms with E-state index in [1.165, 1.54) is 7.11 Å². The minimum Gasteiger partial charge on any atom is -0.497 e. The molecule has 0 spiro atoms. The van der Waals surface area contributed by atoms with Gasteiger partial charge in [-0.1, -0.05) is 6.07 Å². The maximum atomic E-state index is 12.8. The third-order valence-corrected chi connectivity index (χ3v) is 5.78. The van der Waals surface area contributed by atoms with Gasteiger partial charge >= 0.3 is 0 Å². The maximum Gasteiger partial charge on any atom is 0.262 e. The Morgan fingerprint density at radius 1 is 1.12 bits per heavy atom. The van der Waals surface area contributed by atoms with Gasteiger partial charge in [-0.2, -0.15) is 0 Å². The molecule has 4 rings (SSSR count). The molecule has 1 atom stereocenters. The molecule has 1 aliphatic heterocycles. The molecule has 2 aromatic heterocycles. The highest BCUT2D eigenvalue weighted by molar-refractivity contribution is 5.87. The van der Waals surface area contributed by atoms with Crippen LogP contribution in [0.5, 0.6) is 11.5 Å². The number of methoxy groups -OCH3 is 2. The van der Waals surface area contributed by atoms with Gasteiger partial charge in [0.15, 0.2) is 5.82 Å². The van der Waals surface area contributed by atoms with Crippen molar-refractivity contribution in [2.45, 2.75) is 13.0 Å². The summed E-state index contributed by atoms with van der Waals surface area (Å²) >= 11 is 0. The van der Waals surface area contributed by atoms with Crippen molar-refractivity contribution in [2.24, 2.45) is 5.73 Å². The predicted octanol–water partition coefficient (Wildman–Crippen LogP) is 0.998. The second-order valence-electron chi connectivity index (χ2n) is 7.62. The number of primary amides is 1. The lowest BCUT2D eigenvalue weighted by atomic mass is 10.2. The molecule has 1 unspecified atom stereocenters. The van der Waals surface area contributed by atoms with Gasteiger partial charge in [0, 0.05) is 38.3 Å². The van der Waals surface area contributed by atoms with Crippen molar-refractivity contribution in [1.29, 1.82) is 0 Å². The molecule has 168 valence electrons. The predicted molar refractivity (Wildman–Crippen MR) is 121 cm³/mol. The van der Waals surface area contributed by atoms with Gasteiger partial charge < -0.3 is 25.1 Å². The van der Waals surface area contributed by atoms with E-state index in [0.29, 0.717) is 60.1 Å². The molecular formula is C22H26N6O4. The van der Waals surface area contributed by atoms with Gasteiger partial charge in [0.2, 0.25) is 5.91 Å². The number of H-pyrrole nitrogens is 1. The van der Waals surface area contributed by atoms with Gasteiger partial charge in [0.25, 0.3) is 5.56 Å². The topological polar surface area (TPSA) is 127 Å². The van der Waals surface area contributed by atoms with E-state index in [-0.39, 0.29) is 17.5 Å². The smallest absolute Gasteiger partial charge is 0.262 e. The standard InChI is InChI=1S/C22H26N6O4/c1-13(20(23)29)27-7-9-28(10-8-27)18-6-4-5-15(24-18)21-25-16-11-14(31-2)12-17(32-3)19(16)22(30)26-21/h4-6,11-13H,7-10H2,1-3H3,(H2,23,29)(H,25,26,30). The fourth-order valence-corrected chi connectivity index (χ4v) is 3.86. The van der Waals surface area contributed by atoms with Crippen molar-refractivity contribution in [1.82, 2.24) is 19.9 Å². The third kappa shape index (κ3) is 4.09. The number of aromatic amines is 1. The number of carbonyl (C=O) groups is 1. The van der Waals surface area contributed by atoms with Crippen LogP contribution in [0.2, 0.25) is 0 Å². The fourth-order valence-electron chi connectivity index (χ4n) is 3.86. The number of pyridine rings is 1. The largest absolute Gasteiger partial charge is 0.497 e. The molecule has 3 aromatic rings. The minimum atomic E-state index is -0.321. The Balaban J connectivity index is 1.64. The lowest BCUT2D eigenvalue weighted by Gasteiger charge is -2.37. The Kier molecular flexibility index (Phi) is 5.95. The maximum absolute atomic E-state index is 12.8. The summed E-state index contributed by atoms with van der Waals surface area (Å²) in [4.78, 5) is 40.6. The van der Waals surface area contributed by atoms with Crippen LogP contribution in [-0.4, -0.2) is 72.2 Å². The molecule has 1 saturated heterocycles. The summed E-state index contributed by atoms with van der Waals surface area (Å²) < 4.78 is 10.6. The van der Waals surface area contributed by atoms with Crippen LogP contribution in [0.3, 0.4) is 0 Å². The van der Waals surface area contributed by atoms with Gasteiger partial charge in [0.05, 0.1) is 25.8 Å². The Labute approximate surface area is 185 Å². The SMILES string of the molecule is COc1cc(OC)c2c(=O)[nH]c(-c3cccc(N4CCN(C(C)C(N)=O)CC4)n3)nc2c1. The second kappa shape index (κ2) is 8.83. The zero-order valence-electron chi connectivity index (χ0n) is 18.3. The molecule has 0 saturated carbocycles. The number of hydrogen-bond donors (Lipinski definition) is 2. The van der Waals surface area contributed by atoms with Crippen LogP contribution >= 0.6 is 0 Å². The average Bonchev–Trinajstić information content (AvgIpc) is 2.82. The molecule has 1 aromatic carbocycles. The van der Waals surface area contributed by atoms with Gasteiger partial charge in [0.1, 0.15) is 28.4 Å². The van der Waals surface area contributed by atoms with Crippen molar-refractivity contribution in [2.75, 3.05) is 45.3 Å². The molecule has 0 aliphatic carbocycles. The molecule has 1 aliphatic rings. The second-order valence-corrected chi connectivity index (χ2v) is 7.62. The Bertz CT molecular complexity index is 1200. The van der Waals surface area contributed by atoms with Crippen LogP contribution in [0.15, 0.2) is 35.1 Å². The zero-order valence-corrected chi connectivity index (χ0v) is 18.3. The summed E-state index contributed by atoms with van der Waals surface area (Å²) in [7, 11) is 3.04. The van der Waals surface area contributed by atoms with Crippen LogP contribution < -0.4 is 25.7 Å². The molecule has 1 fully saturated rings. The monoisotopic (exact) mass is 438 g/mol. The van der Waals surface area contributed by atoms with Crippen molar-refractivity contribution in [3.8, 4) is 23.0 Å². The number of nitrogens with one attached hydrogen (secondary N) is 1. The summed E-state index contributed by atoms with van der Waals surface area (Å²) in [6.07, 6.45) is 0. The van der Waals surface area contributed by atoms with Gasteiger partial charge in [-0.15, -0.1) is 0 Å². The average molecular weight is 438 g/mol. The van der Waals surface area contributed by atoms with Crippen molar-refractivity contribution < 1.29 is 14.3 Å². The summed E-state index contributed by atoms with van der Waals surface area (Å²) in [5.41, 5.74) is 6.12. The summed E-state index contributed by atoms with van der Waals surface area (Å²) in [6, 6.07) is 8.65. The number of piperazine rings is 1.